The van der Waals surface area contributed by atoms with Gasteiger partial charge in [0.15, 0.2) is 0 Å². The Kier molecular flexibility index (Phi) is 5.43. The van der Waals surface area contributed by atoms with Crippen LogP contribution in [-0.2, 0) is 6.54 Å². The van der Waals surface area contributed by atoms with Gasteiger partial charge in [-0.05, 0) is 36.8 Å². The first kappa shape index (κ1) is 17.8. The standard InChI is InChI=1S/C19H16ClFN4O/c1-12-23-17(19(26)22-11-13-6-8-14(20)9-7-13)10-18(24-12)25-16-5-3-2-4-15(16)21/h2-10H,11H2,1H3,(H,22,26)(H,23,24,25). The van der Waals surface area contributed by atoms with Gasteiger partial charge in [0, 0.05) is 17.6 Å². The number of aryl methyl sites for hydroxylation is 1. The zero-order valence-electron chi connectivity index (χ0n) is 14.0. The number of carbonyl (C=O) groups excluding carboxylic acids is 1. The SMILES string of the molecule is Cc1nc(Nc2ccccc2F)cc(C(=O)NCc2ccc(Cl)cc2)n1. The minimum atomic E-state index is -0.405. The molecule has 2 N–H and O–H groups in total. The zero-order valence-corrected chi connectivity index (χ0v) is 14.7. The second-order valence-corrected chi connectivity index (χ2v) is 6.04. The van der Waals surface area contributed by atoms with Crippen LogP contribution in [-0.4, -0.2) is 15.9 Å². The molecule has 0 aliphatic carbocycles. The third-order valence-corrected chi connectivity index (χ3v) is 3.83. The lowest BCUT2D eigenvalue weighted by Crippen LogP contribution is -2.24. The van der Waals surface area contributed by atoms with Crippen molar-refractivity contribution in [3.63, 3.8) is 0 Å². The summed E-state index contributed by atoms with van der Waals surface area (Å²) in [5, 5.41) is 6.29. The minimum absolute atomic E-state index is 0.199. The van der Waals surface area contributed by atoms with Gasteiger partial charge in [0.05, 0.1) is 5.69 Å². The molecule has 0 saturated carbocycles. The number of aromatic nitrogens is 2. The maximum atomic E-state index is 13.8. The van der Waals surface area contributed by atoms with Gasteiger partial charge in [-0.1, -0.05) is 35.9 Å². The number of halogens is 2. The Bertz CT molecular complexity index is 931. The molecule has 0 bridgehead atoms. The summed E-state index contributed by atoms with van der Waals surface area (Å²) < 4.78 is 13.8. The fraction of sp³-hybridized carbons (Fsp3) is 0.105. The van der Waals surface area contributed by atoms with E-state index in [9.17, 15) is 9.18 Å². The highest BCUT2D eigenvalue weighted by Gasteiger charge is 2.11. The molecular formula is C19H16ClFN4O. The number of nitrogens with zero attached hydrogens (tertiary/aromatic N) is 2. The molecule has 3 rings (SSSR count). The van der Waals surface area contributed by atoms with Crippen molar-refractivity contribution in [2.24, 2.45) is 0 Å². The van der Waals surface area contributed by atoms with E-state index in [1.807, 2.05) is 12.1 Å². The molecule has 7 heteroatoms. The van der Waals surface area contributed by atoms with Gasteiger partial charge in [-0.15, -0.1) is 0 Å². The van der Waals surface area contributed by atoms with Crippen LogP contribution < -0.4 is 10.6 Å². The molecule has 0 radical (unpaired) electrons. The van der Waals surface area contributed by atoms with Crippen molar-refractivity contribution < 1.29 is 9.18 Å². The topological polar surface area (TPSA) is 66.9 Å². The summed E-state index contributed by atoms with van der Waals surface area (Å²) in [7, 11) is 0. The predicted octanol–water partition coefficient (Wildman–Crippen LogP) is 4.25. The van der Waals surface area contributed by atoms with Crippen molar-refractivity contribution in [2.75, 3.05) is 5.32 Å². The Labute approximate surface area is 155 Å². The molecule has 5 nitrogen and oxygen atoms in total. The van der Waals surface area contributed by atoms with Crippen LogP contribution in [0.5, 0.6) is 0 Å². The molecular weight excluding hydrogens is 355 g/mol. The third kappa shape index (κ3) is 4.55. The van der Waals surface area contributed by atoms with Crippen LogP contribution >= 0.6 is 11.6 Å². The smallest absolute Gasteiger partial charge is 0.270 e. The molecule has 1 amide bonds. The number of carbonyl (C=O) groups is 1. The number of rotatable bonds is 5. The van der Waals surface area contributed by atoms with E-state index in [4.69, 9.17) is 11.6 Å². The maximum absolute atomic E-state index is 13.8. The Morgan fingerprint density at radius 2 is 1.85 bits per heavy atom. The molecule has 3 aromatic rings. The predicted molar refractivity (Wildman–Crippen MR) is 99.1 cm³/mol. The largest absolute Gasteiger partial charge is 0.347 e. The molecule has 0 aliphatic heterocycles. The van der Waals surface area contributed by atoms with Crippen LogP contribution in [0.15, 0.2) is 54.6 Å². The first-order valence-electron chi connectivity index (χ1n) is 7.91. The Morgan fingerprint density at radius 1 is 1.12 bits per heavy atom. The number of nitrogens with one attached hydrogen (secondary N) is 2. The molecule has 0 saturated heterocycles. The molecule has 1 heterocycles. The van der Waals surface area contributed by atoms with Gasteiger partial charge < -0.3 is 10.6 Å². The second kappa shape index (κ2) is 7.93. The summed E-state index contributed by atoms with van der Waals surface area (Å²) in [6.07, 6.45) is 0. The summed E-state index contributed by atoms with van der Waals surface area (Å²) in [4.78, 5) is 20.7. The first-order chi connectivity index (χ1) is 12.5. The van der Waals surface area contributed by atoms with Gasteiger partial charge in [-0.2, -0.15) is 0 Å². The second-order valence-electron chi connectivity index (χ2n) is 5.60. The average molecular weight is 371 g/mol. The minimum Gasteiger partial charge on any atom is -0.347 e. The lowest BCUT2D eigenvalue weighted by molar-refractivity contribution is 0.0945. The summed E-state index contributed by atoms with van der Waals surface area (Å²) in [6.45, 7) is 2.01. The number of amides is 1. The molecule has 0 fully saturated rings. The number of para-hydroxylation sites is 1. The summed E-state index contributed by atoms with van der Waals surface area (Å²) in [6, 6.07) is 14.9. The highest BCUT2D eigenvalue weighted by atomic mass is 35.5. The molecule has 132 valence electrons. The Morgan fingerprint density at radius 3 is 2.58 bits per heavy atom. The molecule has 0 unspecified atom stereocenters. The number of anilines is 2. The van der Waals surface area contributed by atoms with Gasteiger partial charge in [-0.25, -0.2) is 14.4 Å². The zero-order chi connectivity index (χ0) is 18.5. The summed E-state index contributed by atoms with van der Waals surface area (Å²) in [5.74, 6) is 0.00163. The fourth-order valence-electron chi connectivity index (χ4n) is 2.32. The van der Waals surface area contributed by atoms with Gasteiger partial charge in [0.1, 0.15) is 23.2 Å². The lowest BCUT2D eigenvalue weighted by Gasteiger charge is -2.10. The van der Waals surface area contributed by atoms with Crippen molar-refractivity contribution in [1.82, 2.24) is 15.3 Å². The van der Waals surface area contributed by atoms with Crippen LogP contribution in [0.25, 0.3) is 0 Å². The van der Waals surface area contributed by atoms with Crippen molar-refractivity contribution in [2.45, 2.75) is 13.5 Å². The van der Waals surface area contributed by atoms with E-state index in [1.54, 1.807) is 37.3 Å². The molecule has 0 aliphatic rings. The van der Waals surface area contributed by atoms with Crippen molar-refractivity contribution >= 4 is 29.0 Å². The monoisotopic (exact) mass is 370 g/mol. The van der Waals surface area contributed by atoms with Gasteiger partial charge in [0.2, 0.25) is 0 Å². The first-order valence-corrected chi connectivity index (χ1v) is 8.29. The van der Waals surface area contributed by atoms with Crippen LogP contribution in [0.1, 0.15) is 21.9 Å². The summed E-state index contributed by atoms with van der Waals surface area (Å²) >= 11 is 5.84. The van der Waals surface area contributed by atoms with E-state index in [-0.39, 0.29) is 17.3 Å². The number of benzene rings is 2. The quantitative estimate of drug-likeness (QED) is 0.704. The fourth-order valence-corrected chi connectivity index (χ4v) is 2.45. The number of hydrogen-bond donors (Lipinski definition) is 2. The van der Waals surface area contributed by atoms with E-state index >= 15 is 0 Å². The summed E-state index contributed by atoms with van der Waals surface area (Å²) in [5.41, 5.74) is 1.39. The van der Waals surface area contributed by atoms with Crippen molar-refractivity contribution in [3.05, 3.63) is 82.5 Å². The molecule has 0 atom stereocenters. The van der Waals surface area contributed by atoms with Crippen LogP contribution in [0.3, 0.4) is 0 Å². The van der Waals surface area contributed by atoms with Gasteiger partial charge >= 0.3 is 0 Å². The molecule has 0 spiro atoms. The van der Waals surface area contributed by atoms with Crippen LogP contribution in [0, 0.1) is 12.7 Å². The third-order valence-electron chi connectivity index (χ3n) is 3.57. The average Bonchev–Trinajstić information content (AvgIpc) is 2.62. The Hall–Kier alpha value is -2.99. The van der Waals surface area contributed by atoms with Gasteiger partial charge in [-0.3, -0.25) is 4.79 Å². The van der Waals surface area contributed by atoms with E-state index in [0.29, 0.717) is 23.2 Å². The molecule has 26 heavy (non-hydrogen) atoms. The Balaban J connectivity index is 1.73. The van der Waals surface area contributed by atoms with Crippen LogP contribution in [0.4, 0.5) is 15.9 Å². The highest BCUT2D eigenvalue weighted by molar-refractivity contribution is 6.30. The number of hydrogen-bond acceptors (Lipinski definition) is 4. The van der Waals surface area contributed by atoms with E-state index < -0.39 is 5.82 Å². The highest BCUT2D eigenvalue weighted by Crippen LogP contribution is 2.18. The normalized spacial score (nSPS) is 10.4. The lowest BCUT2D eigenvalue weighted by atomic mass is 10.2. The molecule has 1 aromatic heterocycles. The van der Waals surface area contributed by atoms with Crippen LogP contribution in [0.2, 0.25) is 5.02 Å². The van der Waals surface area contributed by atoms with Gasteiger partial charge in [0.25, 0.3) is 5.91 Å². The molecule has 2 aromatic carbocycles. The van der Waals surface area contributed by atoms with Crippen molar-refractivity contribution in [3.8, 4) is 0 Å². The van der Waals surface area contributed by atoms with E-state index in [1.165, 1.54) is 12.1 Å². The van der Waals surface area contributed by atoms with E-state index in [2.05, 4.69) is 20.6 Å². The van der Waals surface area contributed by atoms with Crippen molar-refractivity contribution in [1.29, 1.82) is 0 Å². The maximum Gasteiger partial charge on any atom is 0.270 e. The van der Waals surface area contributed by atoms with E-state index in [0.717, 1.165) is 5.56 Å².